The Bertz CT molecular complexity index is 1250. The minimum atomic E-state index is 0.0702. The van der Waals surface area contributed by atoms with Crippen LogP contribution < -0.4 is 10.5 Å². The van der Waals surface area contributed by atoms with E-state index >= 15 is 0 Å². The molecule has 2 aromatic heterocycles. The van der Waals surface area contributed by atoms with Gasteiger partial charge >= 0.3 is 0 Å². The molecule has 0 radical (unpaired) electrons. The summed E-state index contributed by atoms with van der Waals surface area (Å²) in [7, 11) is 3.79. The first-order chi connectivity index (χ1) is 16.5. The van der Waals surface area contributed by atoms with Crippen LogP contribution in [0.1, 0.15) is 30.9 Å². The van der Waals surface area contributed by atoms with Crippen molar-refractivity contribution in [1.82, 2.24) is 24.3 Å². The van der Waals surface area contributed by atoms with E-state index in [2.05, 4.69) is 38.7 Å². The number of nitrogen functional groups attached to an aromatic ring is 1. The summed E-state index contributed by atoms with van der Waals surface area (Å²) in [6.45, 7) is 4.20. The van der Waals surface area contributed by atoms with Gasteiger partial charge in [0.25, 0.3) is 0 Å². The zero-order valence-corrected chi connectivity index (χ0v) is 20.1. The van der Waals surface area contributed by atoms with E-state index < -0.39 is 0 Å². The Morgan fingerprint density at radius 3 is 2.88 bits per heavy atom. The van der Waals surface area contributed by atoms with Crippen molar-refractivity contribution in [2.24, 2.45) is 0 Å². The molecule has 0 unspecified atom stereocenters. The first-order valence-electron chi connectivity index (χ1n) is 11.9. The third-order valence-electron chi connectivity index (χ3n) is 7.05. The summed E-state index contributed by atoms with van der Waals surface area (Å²) in [5, 5.41) is 0.834. The van der Waals surface area contributed by atoms with Gasteiger partial charge in [0.05, 0.1) is 18.5 Å². The molecule has 0 bridgehead atoms. The number of nitrogens with zero attached hydrogens (tertiary/aromatic N) is 5. The number of amides is 1. The number of hydrogen-bond donors (Lipinski definition) is 1. The van der Waals surface area contributed by atoms with Crippen LogP contribution in [-0.4, -0.2) is 70.1 Å². The van der Waals surface area contributed by atoms with Crippen LogP contribution in [0.25, 0.3) is 22.2 Å². The van der Waals surface area contributed by atoms with Crippen LogP contribution in [0.3, 0.4) is 0 Å². The fraction of sp³-hybridized carbons (Fsp3) is 0.423. The molecule has 178 valence electrons. The van der Waals surface area contributed by atoms with Gasteiger partial charge in [-0.3, -0.25) is 9.69 Å². The monoisotopic (exact) mass is 460 g/mol. The molecule has 1 aliphatic carbocycles. The molecular formula is C26H32N6O2. The number of anilines is 1. The standard InChI is InChI=1S/C26H32N6O2/c1-17-6-7-18(13-22(17)34-3)21-15-32(26-24(21)25(27)28-16-29-26)20-10-12-31(14-20)23(33)5-4-11-30(2)19-8-9-19/h4-7,13,15-16,19-20H,8-12,14H2,1-3H3,(H2,27,28,29)/t20-/m1/s1. The molecule has 1 amide bonds. The number of carbonyl (C=O) groups is 1. The predicted molar refractivity (Wildman–Crippen MR) is 134 cm³/mol. The second-order valence-electron chi connectivity index (χ2n) is 9.39. The number of benzene rings is 1. The summed E-state index contributed by atoms with van der Waals surface area (Å²) in [5.74, 6) is 1.35. The van der Waals surface area contributed by atoms with E-state index in [9.17, 15) is 4.79 Å². The van der Waals surface area contributed by atoms with Gasteiger partial charge in [0.15, 0.2) is 0 Å². The molecule has 0 spiro atoms. The van der Waals surface area contributed by atoms with Gasteiger partial charge < -0.3 is 19.9 Å². The minimum absolute atomic E-state index is 0.0702. The van der Waals surface area contributed by atoms with Gasteiger partial charge in [0.2, 0.25) is 5.91 Å². The summed E-state index contributed by atoms with van der Waals surface area (Å²) in [5.41, 5.74) is 10.2. The van der Waals surface area contributed by atoms with E-state index in [0.29, 0.717) is 18.4 Å². The number of ether oxygens (including phenoxy) is 1. The smallest absolute Gasteiger partial charge is 0.246 e. The van der Waals surface area contributed by atoms with Crippen molar-refractivity contribution in [3.63, 3.8) is 0 Å². The van der Waals surface area contributed by atoms with E-state index in [4.69, 9.17) is 10.5 Å². The minimum Gasteiger partial charge on any atom is -0.496 e. The maximum Gasteiger partial charge on any atom is 0.246 e. The highest BCUT2D eigenvalue weighted by atomic mass is 16.5. The van der Waals surface area contributed by atoms with Gasteiger partial charge in [-0.25, -0.2) is 9.97 Å². The fourth-order valence-corrected chi connectivity index (χ4v) is 4.85. The average molecular weight is 461 g/mol. The molecular weight excluding hydrogens is 428 g/mol. The van der Waals surface area contributed by atoms with Crippen molar-refractivity contribution in [2.75, 3.05) is 39.5 Å². The van der Waals surface area contributed by atoms with E-state index in [1.165, 1.54) is 19.2 Å². The molecule has 2 aliphatic rings. The highest BCUT2D eigenvalue weighted by molar-refractivity contribution is 6.01. The van der Waals surface area contributed by atoms with E-state index in [1.807, 2.05) is 30.0 Å². The second-order valence-corrected chi connectivity index (χ2v) is 9.39. The molecule has 8 nitrogen and oxygen atoms in total. The lowest BCUT2D eigenvalue weighted by Crippen LogP contribution is -2.28. The lowest BCUT2D eigenvalue weighted by Gasteiger charge is -2.16. The van der Waals surface area contributed by atoms with Gasteiger partial charge in [-0.1, -0.05) is 18.2 Å². The topological polar surface area (TPSA) is 89.5 Å². The highest BCUT2D eigenvalue weighted by Crippen LogP contribution is 2.38. The van der Waals surface area contributed by atoms with Crippen molar-refractivity contribution in [1.29, 1.82) is 0 Å². The van der Waals surface area contributed by atoms with Crippen LogP contribution in [0.4, 0.5) is 5.82 Å². The third kappa shape index (κ3) is 4.25. The SMILES string of the molecule is COc1cc(-c2cn([C@@H]3CCN(C(=O)C=CCN(C)C4CC4)C3)c3ncnc(N)c23)ccc1C. The summed E-state index contributed by atoms with van der Waals surface area (Å²) < 4.78 is 7.70. The normalized spacial score (nSPS) is 18.5. The Hall–Kier alpha value is -3.39. The van der Waals surface area contributed by atoms with E-state index in [-0.39, 0.29) is 11.9 Å². The van der Waals surface area contributed by atoms with Crippen molar-refractivity contribution in [3.8, 4) is 16.9 Å². The number of aryl methyl sites for hydroxylation is 1. The molecule has 2 fully saturated rings. The number of nitrogens with two attached hydrogens (primary N) is 1. The van der Waals surface area contributed by atoms with Gasteiger partial charge in [-0.15, -0.1) is 0 Å². The molecule has 34 heavy (non-hydrogen) atoms. The summed E-state index contributed by atoms with van der Waals surface area (Å²) in [6, 6.07) is 6.95. The molecule has 2 N–H and O–H groups in total. The molecule has 3 heterocycles. The zero-order chi connectivity index (χ0) is 23.8. The van der Waals surface area contributed by atoms with Gasteiger partial charge in [0, 0.05) is 43.5 Å². The summed E-state index contributed by atoms with van der Waals surface area (Å²) in [6.07, 6.45) is 10.7. The van der Waals surface area contributed by atoms with Crippen molar-refractivity contribution in [2.45, 2.75) is 38.3 Å². The Labute approximate surface area is 200 Å². The largest absolute Gasteiger partial charge is 0.496 e. The number of likely N-dealkylation sites (tertiary alicyclic amines) is 1. The maximum atomic E-state index is 12.8. The molecule has 1 saturated carbocycles. The third-order valence-corrected chi connectivity index (χ3v) is 7.05. The Kier molecular flexibility index (Phi) is 6.00. The summed E-state index contributed by atoms with van der Waals surface area (Å²) in [4.78, 5) is 25.8. The quantitative estimate of drug-likeness (QED) is 0.544. The number of hydrogen-bond acceptors (Lipinski definition) is 6. The Morgan fingerprint density at radius 2 is 2.12 bits per heavy atom. The van der Waals surface area contributed by atoms with Gasteiger partial charge in [-0.2, -0.15) is 0 Å². The first kappa shape index (κ1) is 22.4. The Balaban J connectivity index is 1.39. The number of aromatic nitrogens is 3. The molecule has 1 saturated heterocycles. The van der Waals surface area contributed by atoms with Gasteiger partial charge in [-0.05, 0) is 50.4 Å². The van der Waals surface area contributed by atoms with Crippen molar-refractivity contribution in [3.05, 3.63) is 48.4 Å². The van der Waals surface area contributed by atoms with E-state index in [0.717, 1.165) is 53.0 Å². The molecule has 5 rings (SSSR count). The van der Waals surface area contributed by atoms with E-state index in [1.54, 1.807) is 13.2 Å². The lowest BCUT2D eigenvalue weighted by atomic mass is 10.0. The lowest BCUT2D eigenvalue weighted by molar-refractivity contribution is -0.125. The van der Waals surface area contributed by atoms with Crippen LogP contribution in [0.5, 0.6) is 5.75 Å². The zero-order valence-electron chi connectivity index (χ0n) is 20.1. The highest BCUT2D eigenvalue weighted by Gasteiger charge is 2.29. The van der Waals surface area contributed by atoms with Gasteiger partial charge in [0.1, 0.15) is 23.5 Å². The maximum absolute atomic E-state index is 12.8. The molecule has 1 aliphatic heterocycles. The Morgan fingerprint density at radius 1 is 1.29 bits per heavy atom. The molecule has 1 atom stereocenters. The van der Waals surface area contributed by atoms with Crippen LogP contribution in [0.15, 0.2) is 42.9 Å². The van der Waals surface area contributed by atoms with Crippen LogP contribution in [0, 0.1) is 6.92 Å². The number of methoxy groups -OCH3 is 1. The number of rotatable bonds is 7. The summed E-state index contributed by atoms with van der Waals surface area (Å²) >= 11 is 0. The molecule has 8 heteroatoms. The van der Waals surface area contributed by atoms with Crippen LogP contribution in [0.2, 0.25) is 0 Å². The van der Waals surface area contributed by atoms with Crippen LogP contribution >= 0.6 is 0 Å². The number of fused-ring (bicyclic) bond motifs is 1. The van der Waals surface area contributed by atoms with Crippen molar-refractivity contribution >= 4 is 22.8 Å². The fourth-order valence-electron chi connectivity index (χ4n) is 4.85. The number of likely N-dealkylation sites (N-methyl/N-ethyl adjacent to an activating group) is 1. The predicted octanol–water partition coefficient (Wildman–Crippen LogP) is 3.42. The average Bonchev–Trinajstić information content (AvgIpc) is 3.44. The molecule has 3 aromatic rings. The molecule has 1 aromatic carbocycles. The first-order valence-corrected chi connectivity index (χ1v) is 11.9. The van der Waals surface area contributed by atoms with Crippen LogP contribution in [-0.2, 0) is 4.79 Å². The van der Waals surface area contributed by atoms with Crippen molar-refractivity contribution < 1.29 is 9.53 Å². The second kappa shape index (κ2) is 9.10. The number of carbonyl (C=O) groups excluding carboxylic acids is 1.